The molecule has 294 valence electrons. The standard InChI is InChI=1S/C42H37F5O8S/c1-25-18-19-30(20-26(25)2)52-41-40(54-42(48)56-55-38-35(46)33(44)32(43)34(45)36(38)47)39(51-23-29-16-10-5-11-17-29)37(50-22-28-14-8-4-9-15-28)31(53-41)24-49-21-27-12-6-3-7-13-27/h3-20,31,37,39-41H,21-24H2,1-2H3/t31-,37-,39+,40-,41-/m1/s1. The maximum atomic E-state index is 14.4. The Morgan fingerprint density at radius 2 is 1.14 bits per heavy atom. The number of rotatable bonds is 15. The molecule has 1 saturated heterocycles. The molecule has 1 aliphatic rings. The number of hydrogen-bond acceptors (Lipinski definition) is 9. The van der Waals surface area contributed by atoms with Gasteiger partial charge in [0.05, 0.1) is 26.4 Å². The fourth-order valence-corrected chi connectivity index (χ4v) is 6.26. The summed E-state index contributed by atoms with van der Waals surface area (Å²) in [5.41, 5.74) is 4.35. The maximum Gasteiger partial charge on any atom is 0.407 e. The van der Waals surface area contributed by atoms with Crippen LogP contribution in [0.15, 0.2) is 109 Å². The molecule has 56 heavy (non-hydrogen) atoms. The molecule has 0 radical (unpaired) electrons. The van der Waals surface area contributed by atoms with Crippen molar-refractivity contribution in [3.05, 3.63) is 166 Å². The molecule has 1 fully saturated rings. The summed E-state index contributed by atoms with van der Waals surface area (Å²) in [7, 11) is 0. The highest BCUT2D eigenvalue weighted by Crippen LogP contribution is 2.35. The molecule has 8 nitrogen and oxygen atoms in total. The van der Waals surface area contributed by atoms with E-state index < -0.39 is 70.8 Å². The summed E-state index contributed by atoms with van der Waals surface area (Å²) in [5, 5.41) is -1.34. The number of benzene rings is 5. The number of carbonyl (C=O) groups is 1. The lowest BCUT2D eigenvalue weighted by molar-refractivity contribution is -0.297. The van der Waals surface area contributed by atoms with Crippen LogP contribution in [0.1, 0.15) is 27.8 Å². The van der Waals surface area contributed by atoms with Crippen LogP contribution in [0.2, 0.25) is 0 Å². The summed E-state index contributed by atoms with van der Waals surface area (Å²) in [5.74, 6) is -12.7. The van der Waals surface area contributed by atoms with E-state index in [0.29, 0.717) is 5.75 Å². The summed E-state index contributed by atoms with van der Waals surface area (Å²) >= 11 is -0.301. The molecule has 0 aliphatic carbocycles. The van der Waals surface area contributed by atoms with E-state index in [1.165, 1.54) is 0 Å². The van der Waals surface area contributed by atoms with Crippen molar-refractivity contribution in [3.8, 4) is 11.5 Å². The fourth-order valence-electron chi connectivity index (χ4n) is 5.81. The molecule has 14 heteroatoms. The lowest BCUT2D eigenvalue weighted by atomic mass is 9.98. The minimum absolute atomic E-state index is 0.00685. The predicted octanol–water partition coefficient (Wildman–Crippen LogP) is 9.72. The van der Waals surface area contributed by atoms with Crippen molar-refractivity contribution in [1.82, 2.24) is 0 Å². The first-order valence-corrected chi connectivity index (χ1v) is 18.2. The molecular weight excluding hydrogens is 760 g/mol. The smallest absolute Gasteiger partial charge is 0.407 e. The summed E-state index contributed by atoms with van der Waals surface area (Å²) in [6.45, 7) is 4.10. The van der Waals surface area contributed by atoms with Crippen LogP contribution < -0.4 is 8.92 Å². The molecule has 0 unspecified atom stereocenters. The lowest BCUT2D eigenvalue weighted by Crippen LogP contribution is -2.62. The number of ether oxygens (including phenoxy) is 6. The van der Waals surface area contributed by atoms with Crippen LogP contribution in [0.4, 0.5) is 26.7 Å². The van der Waals surface area contributed by atoms with Gasteiger partial charge in [0.2, 0.25) is 41.1 Å². The zero-order valence-electron chi connectivity index (χ0n) is 30.2. The Hall–Kier alpha value is -4.99. The van der Waals surface area contributed by atoms with Crippen molar-refractivity contribution < 1.29 is 59.4 Å². The van der Waals surface area contributed by atoms with Gasteiger partial charge in [-0.1, -0.05) is 97.1 Å². The second kappa shape index (κ2) is 19.2. The summed E-state index contributed by atoms with van der Waals surface area (Å²) in [6, 6.07) is 33.2. The predicted molar refractivity (Wildman–Crippen MR) is 196 cm³/mol. The Balaban J connectivity index is 1.34. The highest BCUT2D eigenvalue weighted by atomic mass is 32.2. The van der Waals surface area contributed by atoms with Crippen LogP contribution in [0.5, 0.6) is 11.5 Å². The van der Waals surface area contributed by atoms with Crippen LogP contribution in [0.25, 0.3) is 0 Å². The molecule has 0 amide bonds. The van der Waals surface area contributed by atoms with Crippen molar-refractivity contribution >= 4 is 17.3 Å². The Morgan fingerprint density at radius 3 is 1.70 bits per heavy atom. The van der Waals surface area contributed by atoms with Gasteiger partial charge in [-0.3, -0.25) is 0 Å². The first-order chi connectivity index (χ1) is 27.1. The second-order valence-corrected chi connectivity index (χ2v) is 13.5. The van der Waals surface area contributed by atoms with Gasteiger partial charge in [0, 0.05) is 0 Å². The summed E-state index contributed by atoms with van der Waals surface area (Å²) in [4.78, 5) is 13.4. The molecular formula is C42H37F5O8S. The monoisotopic (exact) mass is 796 g/mol. The van der Waals surface area contributed by atoms with Gasteiger partial charge >= 0.3 is 5.30 Å². The average Bonchev–Trinajstić information content (AvgIpc) is 3.21. The molecule has 5 atom stereocenters. The van der Waals surface area contributed by atoms with Crippen LogP contribution in [-0.2, 0) is 43.5 Å². The molecule has 0 bridgehead atoms. The van der Waals surface area contributed by atoms with E-state index in [9.17, 15) is 26.7 Å². The Kier molecular flexibility index (Phi) is 14.0. The lowest BCUT2D eigenvalue weighted by Gasteiger charge is -2.45. The van der Waals surface area contributed by atoms with Gasteiger partial charge in [-0.15, -0.1) is 0 Å². The average molecular weight is 797 g/mol. The van der Waals surface area contributed by atoms with Crippen molar-refractivity contribution in [1.29, 1.82) is 0 Å². The van der Waals surface area contributed by atoms with Crippen molar-refractivity contribution in [2.75, 3.05) is 6.61 Å². The van der Waals surface area contributed by atoms with E-state index >= 15 is 0 Å². The van der Waals surface area contributed by atoms with E-state index in [0.717, 1.165) is 27.8 Å². The van der Waals surface area contributed by atoms with Gasteiger partial charge in [-0.2, -0.15) is 8.78 Å². The van der Waals surface area contributed by atoms with Gasteiger partial charge in [-0.05, 0) is 53.8 Å². The van der Waals surface area contributed by atoms with Gasteiger partial charge in [0.25, 0.3) is 0 Å². The van der Waals surface area contributed by atoms with E-state index in [2.05, 4.69) is 0 Å². The zero-order valence-corrected chi connectivity index (χ0v) is 31.0. The third kappa shape index (κ3) is 10.2. The highest BCUT2D eigenvalue weighted by Gasteiger charge is 2.51. The van der Waals surface area contributed by atoms with E-state index in [-0.39, 0.29) is 38.5 Å². The topological polar surface area (TPSA) is 81.7 Å². The summed E-state index contributed by atoms with van der Waals surface area (Å²) < 4.78 is 113. The van der Waals surface area contributed by atoms with Gasteiger partial charge < -0.3 is 32.6 Å². The summed E-state index contributed by atoms with van der Waals surface area (Å²) in [6.07, 6.45) is -5.90. The minimum Gasteiger partial charge on any atom is -0.461 e. The molecule has 0 aromatic heterocycles. The largest absolute Gasteiger partial charge is 0.461 e. The first kappa shape index (κ1) is 40.7. The number of hydrogen-bond donors (Lipinski definition) is 0. The van der Waals surface area contributed by atoms with E-state index in [4.69, 9.17) is 32.6 Å². The SMILES string of the molecule is Cc1ccc(O[C@@H]2O[C@H](COCc3ccccc3)[C@@H](OCc3ccccc3)[C@H](OCc3ccccc3)[C@H]2OC(=O)SOc2c(F)c(F)c(F)c(F)c2F)cc1C. The minimum atomic E-state index is -2.38. The third-order valence-corrected chi connectivity index (χ3v) is 9.36. The molecule has 0 spiro atoms. The number of aryl methyl sites for hydroxylation is 2. The van der Waals surface area contributed by atoms with Crippen molar-refractivity contribution in [3.63, 3.8) is 0 Å². The molecule has 5 aromatic carbocycles. The molecule has 0 N–H and O–H groups in total. The van der Waals surface area contributed by atoms with Crippen molar-refractivity contribution in [2.45, 2.75) is 64.4 Å². The van der Waals surface area contributed by atoms with Crippen molar-refractivity contribution in [2.24, 2.45) is 0 Å². The normalized spacial score (nSPS) is 19.4. The quantitative estimate of drug-likeness (QED) is 0.0338. The molecule has 1 aliphatic heterocycles. The van der Waals surface area contributed by atoms with E-state index in [1.807, 2.05) is 111 Å². The maximum absolute atomic E-state index is 14.4. The number of halogens is 5. The Bertz CT molecular complexity index is 2030. The fraction of sp³-hybridized carbons (Fsp3) is 0.262. The Labute approximate surface area is 324 Å². The van der Waals surface area contributed by atoms with Crippen LogP contribution in [-0.4, -0.2) is 42.6 Å². The third-order valence-electron chi connectivity index (χ3n) is 8.88. The first-order valence-electron chi connectivity index (χ1n) is 17.5. The van der Waals surface area contributed by atoms with Crippen LogP contribution in [0.3, 0.4) is 0 Å². The number of carbonyl (C=O) groups excluding carboxylic acids is 1. The van der Waals surface area contributed by atoms with Gasteiger partial charge in [0.15, 0.2) is 18.1 Å². The molecule has 1 heterocycles. The second-order valence-electron chi connectivity index (χ2n) is 12.8. The van der Waals surface area contributed by atoms with Crippen LogP contribution in [0, 0.1) is 42.9 Å². The Morgan fingerprint density at radius 1 is 0.625 bits per heavy atom. The molecule has 6 rings (SSSR count). The molecule has 5 aromatic rings. The zero-order chi connectivity index (χ0) is 39.6. The molecule has 0 saturated carbocycles. The van der Waals surface area contributed by atoms with Gasteiger partial charge in [-0.25, -0.2) is 18.0 Å². The van der Waals surface area contributed by atoms with Crippen LogP contribution >= 0.6 is 12.0 Å². The van der Waals surface area contributed by atoms with Gasteiger partial charge in [0.1, 0.15) is 24.1 Å². The highest BCUT2D eigenvalue weighted by molar-refractivity contribution is 8.09. The van der Waals surface area contributed by atoms with E-state index in [1.54, 1.807) is 12.1 Å².